The zero-order valence-corrected chi connectivity index (χ0v) is 12.1. The predicted octanol–water partition coefficient (Wildman–Crippen LogP) is 4.46. The summed E-state index contributed by atoms with van der Waals surface area (Å²) in [5.74, 6) is -0.323. The van der Waals surface area contributed by atoms with E-state index < -0.39 is 0 Å². The molecule has 0 N–H and O–H groups in total. The van der Waals surface area contributed by atoms with Crippen molar-refractivity contribution in [2.75, 3.05) is 0 Å². The number of aromatic nitrogens is 1. The maximum Gasteiger partial charge on any atom is 0.123 e. The summed E-state index contributed by atoms with van der Waals surface area (Å²) in [4.78, 5) is 0. The van der Waals surface area contributed by atoms with Gasteiger partial charge in [-0.2, -0.15) is 5.26 Å². The summed E-state index contributed by atoms with van der Waals surface area (Å²) in [7, 11) is 0. The molecule has 3 rings (SSSR count). The molecule has 0 aliphatic heterocycles. The summed E-state index contributed by atoms with van der Waals surface area (Å²) in [6, 6.07) is 14.3. The Kier molecular flexibility index (Phi) is 3.29. The zero-order chi connectivity index (χ0) is 14.1. The molecule has 0 fully saturated rings. The summed E-state index contributed by atoms with van der Waals surface area (Å²) in [5, 5.41) is 10.2. The Bertz CT molecular complexity index is 830. The molecule has 0 aliphatic carbocycles. The second-order valence-electron chi connectivity index (χ2n) is 4.53. The molecular formula is C16H10BrFN2. The Hall–Kier alpha value is -2.12. The van der Waals surface area contributed by atoms with Crippen molar-refractivity contribution in [1.29, 1.82) is 5.26 Å². The van der Waals surface area contributed by atoms with Gasteiger partial charge in [-0.1, -0.05) is 22.0 Å². The molecule has 0 saturated heterocycles. The van der Waals surface area contributed by atoms with Crippen LogP contribution in [-0.4, -0.2) is 4.57 Å². The summed E-state index contributed by atoms with van der Waals surface area (Å²) in [6.07, 6.45) is 1.95. The summed E-state index contributed by atoms with van der Waals surface area (Å²) < 4.78 is 16.4. The predicted molar refractivity (Wildman–Crippen MR) is 79.9 cm³/mol. The van der Waals surface area contributed by atoms with E-state index in [1.54, 1.807) is 0 Å². The minimum absolute atomic E-state index is 0.323. The lowest BCUT2D eigenvalue weighted by atomic mass is 10.1. The standard InChI is InChI=1S/C16H10BrFN2/c17-15-2-1-3-16-14(15)6-7-20(16)10-12-8-13(18)5-4-11(12)9-19/h1-8H,10H2. The van der Waals surface area contributed by atoms with Crippen LogP contribution in [0.15, 0.2) is 53.1 Å². The average molecular weight is 329 g/mol. The van der Waals surface area contributed by atoms with E-state index in [0.717, 1.165) is 15.4 Å². The number of nitrogens with zero attached hydrogens (tertiary/aromatic N) is 2. The number of nitriles is 1. The van der Waals surface area contributed by atoms with Gasteiger partial charge in [0.1, 0.15) is 5.82 Å². The first-order chi connectivity index (χ1) is 9.69. The third-order valence-electron chi connectivity index (χ3n) is 3.29. The normalized spacial score (nSPS) is 10.7. The highest BCUT2D eigenvalue weighted by Crippen LogP contribution is 2.25. The molecule has 2 nitrogen and oxygen atoms in total. The highest BCUT2D eigenvalue weighted by Gasteiger charge is 2.08. The average Bonchev–Trinajstić information content (AvgIpc) is 2.84. The zero-order valence-electron chi connectivity index (χ0n) is 10.5. The number of rotatable bonds is 2. The summed E-state index contributed by atoms with van der Waals surface area (Å²) in [5.41, 5.74) is 2.24. The Balaban J connectivity index is 2.08. The van der Waals surface area contributed by atoms with Gasteiger partial charge in [-0.3, -0.25) is 0 Å². The van der Waals surface area contributed by atoms with E-state index in [2.05, 4.69) is 22.0 Å². The fourth-order valence-electron chi connectivity index (χ4n) is 2.31. The van der Waals surface area contributed by atoms with Crippen molar-refractivity contribution in [3.8, 4) is 6.07 Å². The van der Waals surface area contributed by atoms with Crippen LogP contribution in [0.3, 0.4) is 0 Å². The van der Waals surface area contributed by atoms with Crippen LogP contribution in [-0.2, 0) is 6.54 Å². The van der Waals surface area contributed by atoms with Crippen molar-refractivity contribution in [2.45, 2.75) is 6.54 Å². The first kappa shape index (κ1) is 12.9. The largest absolute Gasteiger partial charge is 0.343 e. The molecule has 0 radical (unpaired) electrons. The van der Waals surface area contributed by atoms with Gasteiger partial charge in [0, 0.05) is 28.1 Å². The van der Waals surface area contributed by atoms with E-state index in [1.165, 1.54) is 18.2 Å². The van der Waals surface area contributed by atoms with Crippen molar-refractivity contribution in [3.05, 3.63) is 70.1 Å². The molecule has 0 unspecified atom stereocenters. The molecule has 0 spiro atoms. The fraction of sp³-hybridized carbons (Fsp3) is 0.0625. The first-order valence-corrected chi connectivity index (χ1v) is 6.90. The SMILES string of the molecule is N#Cc1ccc(F)cc1Cn1ccc2c(Br)cccc21. The molecular weight excluding hydrogens is 319 g/mol. The van der Waals surface area contributed by atoms with Crippen LogP contribution in [0, 0.1) is 17.1 Å². The molecule has 98 valence electrons. The smallest absolute Gasteiger partial charge is 0.123 e. The topological polar surface area (TPSA) is 28.7 Å². The highest BCUT2D eigenvalue weighted by atomic mass is 79.9. The molecule has 3 aromatic rings. The molecule has 4 heteroatoms. The van der Waals surface area contributed by atoms with Gasteiger partial charge in [0.2, 0.25) is 0 Å². The fourth-order valence-corrected chi connectivity index (χ4v) is 2.80. The van der Waals surface area contributed by atoms with Crippen LogP contribution < -0.4 is 0 Å². The number of hydrogen-bond acceptors (Lipinski definition) is 1. The van der Waals surface area contributed by atoms with Gasteiger partial charge >= 0.3 is 0 Å². The van der Waals surface area contributed by atoms with Crippen molar-refractivity contribution < 1.29 is 4.39 Å². The molecule has 0 aliphatic rings. The van der Waals surface area contributed by atoms with Gasteiger partial charge < -0.3 is 4.57 Å². The number of benzene rings is 2. The van der Waals surface area contributed by atoms with Gasteiger partial charge in [0.15, 0.2) is 0 Å². The molecule has 2 aromatic carbocycles. The third kappa shape index (κ3) is 2.21. The van der Waals surface area contributed by atoms with E-state index in [-0.39, 0.29) is 5.82 Å². The Morgan fingerprint density at radius 2 is 2.05 bits per heavy atom. The van der Waals surface area contributed by atoms with Crippen molar-refractivity contribution in [2.24, 2.45) is 0 Å². The van der Waals surface area contributed by atoms with Gasteiger partial charge in [0.05, 0.1) is 11.6 Å². The Morgan fingerprint density at radius 1 is 1.20 bits per heavy atom. The molecule has 1 heterocycles. The minimum atomic E-state index is -0.323. The van der Waals surface area contributed by atoms with E-state index in [0.29, 0.717) is 17.7 Å². The Morgan fingerprint density at radius 3 is 2.85 bits per heavy atom. The summed E-state index contributed by atoms with van der Waals surface area (Å²) in [6.45, 7) is 0.473. The molecule has 1 aromatic heterocycles. The van der Waals surface area contributed by atoms with Crippen molar-refractivity contribution in [1.82, 2.24) is 4.57 Å². The number of hydrogen-bond donors (Lipinski definition) is 0. The van der Waals surface area contributed by atoms with E-state index in [1.807, 2.05) is 35.0 Å². The molecule has 0 atom stereocenters. The van der Waals surface area contributed by atoms with Gasteiger partial charge in [-0.15, -0.1) is 0 Å². The van der Waals surface area contributed by atoms with Crippen LogP contribution in [0.25, 0.3) is 10.9 Å². The highest BCUT2D eigenvalue weighted by molar-refractivity contribution is 9.10. The van der Waals surface area contributed by atoms with Crippen LogP contribution in [0.1, 0.15) is 11.1 Å². The molecule has 0 saturated carbocycles. The van der Waals surface area contributed by atoms with Crippen LogP contribution in [0.4, 0.5) is 4.39 Å². The molecule has 0 amide bonds. The van der Waals surface area contributed by atoms with E-state index in [4.69, 9.17) is 5.26 Å². The third-order valence-corrected chi connectivity index (χ3v) is 3.98. The minimum Gasteiger partial charge on any atom is -0.343 e. The Labute approximate surface area is 124 Å². The van der Waals surface area contributed by atoms with E-state index >= 15 is 0 Å². The van der Waals surface area contributed by atoms with Crippen molar-refractivity contribution >= 4 is 26.8 Å². The second kappa shape index (κ2) is 5.10. The van der Waals surface area contributed by atoms with Gasteiger partial charge in [-0.05, 0) is 42.0 Å². The first-order valence-electron chi connectivity index (χ1n) is 6.11. The lowest BCUT2D eigenvalue weighted by Crippen LogP contribution is -2.01. The van der Waals surface area contributed by atoms with Crippen LogP contribution in [0.2, 0.25) is 0 Å². The van der Waals surface area contributed by atoms with E-state index in [9.17, 15) is 4.39 Å². The quantitative estimate of drug-likeness (QED) is 0.682. The van der Waals surface area contributed by atoms with Gasteiger partial charge in [0.25, 0.3) is 0 Å². The van der Waals surface area contributed by atoms with Crippen LogP contribution >= 0.6 is 15.9 Å². The number of halogens is 2. The number of fused-ring (bicyclic) bond motifs is 1. The lowest BCUT2D eigenvalue weighted by molar-refractivity contribution is 0.623. The lowest BCUT2D eigenvalue weighted by Gasteiger charge is -2.08. The van der Waals surface area contributed by atoms with Gasteiger partial charge in [-0.25, -0.2) is 4.39 Å². The maximum atomic E-state index is 13.4. The molecule has 20 heavy (non-hydrogen) atoms. The molecule has 0 bridgehead atoms. The van der Waals surface area contributed by atoms with Crippen molar-refractivity contribution in [3.63, 3.8) is 0 Å². The maximum absolute atomic E-state index is 13.4. The monoisotopic (exact) mass is 328 g/mol. The summed E-state index contributed by atoms with van der Waals surface area (Å²) >= 11 is 3.51. The second-order valence-corrected chi connectivity index (χ2v) is 5.38. The van der Waals surface area contributed by atoms with Crippen LogP contribution in [0.5, 0.6) is 0 Å².